The van der Waals surface area contributed by atoms with Crippen LogP contribution in [0.15, 0.2) is 42.5 Å². The SMILES string of the molecule is COc1cc(C)ccc1OCC(=O)N1CCN(c2ccc(F)cc2)CC1. The summed E-state index contributed by atoms with van der Waals surface area (Å²) in [5.74, 6) is 0.896. The molecule has 1 aliphatic rings. The molecular weight excluding hydrogens is 335 g/mol. The van der Waals surface area contributed by atoms with Gasteiger partial charge in [0.25, 0.3) is 5.91 Å². The van der Waals surface area contributed by atoms with Gasteiger partial charge in [-0.05, 0) is 48.9 Å². The maximum Gasteiger partial charge on any atom is 0.260 e. The number of carbonyl (C=O) groups excluding carboxylic acids is 1. The minimum atomic E-state index is -0.244. The topological polar surface area (TPSA) is 42.0 Å². The van der Waals surface area contributed by atoms with Crippen LogP contribution in [0.2, 0.25) is 0 Å². The average molecular weight is 358 g/mol. The molecule has 2 aromatic rings. The van der Waals surface area contributed by atoms with Gasteiger partial charge in [-0.2, -0.15) is 0 Å². The van der Waals surface area contributed by atoms with Crippen molar-refractivity contribution < 1.29 is 18.7 Å². The summed E-state index contributed by atoms with van der Waals surface area (Å²) >= 11 is 0. The van der Waals surface area contributed by atoms with Crippen LogP contribution in [-0.2, 0) is 4.79 Å². The number of nitrogens with zero attached hydrogens (tertiary/aromatic N) is 2. The second-order valence-corrected chi connectivity index (χ2v) is 6.29. The number of piperazine rings is 1. The summed E-state index contributed by atoms with van der Waals surface area (Å²) < 4.78 is 24.0. The molecular formula is C20H23FN2O3. The second kappa shape index (κ2) is 8.08. The van der Waals surface area contributed by atoms with Crippen LogP contribution in [0.25, 0.3) is 0 Å². The standard InChI is InChI=1S/C20H23FN2O3/c1-15-3-8-18(19(13-15)25-2)26-14-20(24)23-11-9-22(10-12-23)17-6-4-16(21)5-7-17/h3-8,13H,9-12,14H2,1-2H3. The first-order chi connectivity index (χ1) is 12.6. The summed E-state index contributed by atoms with van der Waals surface area (Å²) in [6.45, 7) is 4.61. The van der Waals surface area contributed by atoms with E-state index in [1.165, 1.54) is 12.1 Å². The van der Waals surface area contributed by atoms with E-state index in [1.54, 1.807) is 24.1 Å². The van der Waals surface area contributed by atoms with Crippen molar-refractivity contribution in [2.24, 2.45) is 0 Å². The van der Waals surface area contributed by atoms with Crippen molar-refractivity contribution in [2.45, 2.75) is 6.92 Å². The van der Waals surface area contributed by atoms with E-state index in [0.29, 0.717) is 37.7 Å². The molecule has 0 aromatic heterocycles. The molecule has 0 unspecified atom stereocenters. The zero-order chi connectivity index (χ0) is 18.5. The maximum atomic E-state index is 13.0. The lowest BCUT2D eigenvalue weighted by molar-refractivity contribution is -0.133. The zero-order valence-electron chi connectivity index (χ0n) is 15.1. The highest BCUT2D eigenvalue weighted by molar-refractivity contribution is 5.78. The Hall–Kier alpha value is -2.76. The van der Waals surface area contributed by atoms with Crippen LogP contribution in [-0.4, -0.2) is 50.7 Å². The molecule has 0 aliphatic carbocycles. The van der Waals surface area contributed by atoms with E-state index >= 15 is 0 Å². The first-order valence-corrected chi connectivity index (χ1v) is 8.62. The molecule has 1 aliphatic heterocycles. The summed E-state index contributed by atoms with van der Waals surface area (Å²) in [6, 6.07) is 12.0. The van der Waals surface area contributed by atoms with Gasteiger partial charge in [-0.15, -0.1) is 0 Å². The van der Waals surface area contributed by atoms with Gasteiger partial charge in [0.2, 0.25) is 0 Å². The molecule has 1 fully saturated rings. The number of anilines is 1. The van der Waals surface area contributed by atoms with Crippen LogP contribution in [0, 0.1) is 12.7 Å². The van der Waals surface area contributed by atoms with Crippen molar-refractivity contribution >= 4 is 11.6 Å². The zero-order valence-corrected chi connectivity index (χ0v) is 15.1. The summed E-state index contributed by atoms with van der Waals surface area (Å²) in [5.41, 5.74) is 2.04. The van der Waals surface area contributed by atoms with Gasteiger partial charge in [-0.25, -0.2) is 4.39 Å². The Bertz CT molecular complexity index is 756. The van der Waals surface area contributed by atoms with Crippen molar-refractivity contribution in [1.29, 1.82) is 0 Å². The number of carbonyl (C=O) groups is 1. The van der Waals surface area contributed by atoms with Gasteiger partial charge in [0.1, 0.15) is 5.82 Å². The smallest absolute Gasteiger partial charge is 0.260 e. The predicted octanol–water partition coefficient (Wildman–Crippen LogP) is 2.87. The predicted molar refractivity (Wildman–Crippen MR) is 98.4 cm³/mol. The molecule has 1 amide bonds. The van der Waals surface area contributed by atoms with Crippen molar-refractivity contribution in [3.8, 4) is 11.5 Å². The number of hydrogen-bond donors (Lipinski definition) is 0. The van der Waals surface area contributed by atoms with Crippen LogP contribution in [0.1, 0.15) is 5.56 Å². The van der Waals surface area contributed by atoms with E-state index < -0.39 is 0 Å². The molecule has 1 heterocycles. The van der Waals surface area contributed by atoms with E-state index in [-0.39, 0.29) is 18.3 Å². The van der Waals surface area contributed by atoms with Gasteiger partial charge >= 0.3 is 0 Å². The Balaban J connectivity index is 1.52. The third-order valence-corrected chi connectivity index (χ3v) is 4.49. The highest BCUT2D eigenvalue weighted by Gasteiger charge is 2.22. The average Bonchev–Trinajstić information content (AvgIpc) is 2.67. The molecule has 138 valence electrons. The molecule has 0 saturated carbocycles. The van der Waals surface area contributed by atoms with Crippen molar-refractivity contribution in [3.63, 3.8) is 0 Å². The van der Waals surface area contributed by atoms with Crippen molar-refractivity contribution in [2.75, 3.05) is 44.8 Å². The molecule has 5 nitrogen and oxygen atoms in total. The summed E-state index contributed by atoms with van der Waals surface area (Å²) in [7, 11) is 1.58. The van der Waals surface area contributed by atoms with Crippen molar-refractivity contribution in [1.82, 2.24) is 4.90 Å². The Morgan fingerprint density at radius 2 is 1.73 bits per heavy atom. The number of methoxy groups -OCH3 is 1. The number of halogens is 1. The lowest BCUT2D eigenvalue weighted by Crippen LogP contribution is -2.50. The van der Waals surface area contributed by atoms with Crippen LogP contribution in [0.3, 0.4) is 0 Å². The molecule has 2 aromatic carbocycles. The Morgan fingerprint density at radius 1 is 1.04 bits per heavy atom. The first-order valence-electron chi connectivity index (χ1n) is 8.62. The van der Waals surface area contributed by atoms with Gasteiger partial charge in [-0.3, -0.25) is 4.79 Å². The largest absolute Gasteiger partial charge is 0.493 e. The fourth-order valence-electron chi connectivity index (χ4n) is 2.99. The molecule has 0 atom stereocenters. The number of amides is 1. The van der Waals surface area contributed by atoms with Crippen LogP contribution >= 0.6 is 0 Å². The minimum absolute atomic E-state index is 0.0179. The Morgan fingerprint density at radius 3 is 2.38 bits per heavy atom. The summed E-state index contributed by atoms with van der Waals surface area (Å²) in [4.78, 5) is 16.4. The molecule has 0 bridgehead atoms. The third kappa shape index (κ3) is 4.25. The second-order valence-electron chi connectivity index (χ2n) is 6.29. The quantitative estimate of drug-likeness (QED) is 0.824. The molecule has 6 heteroatoms. The van der Waals surface area contributed by atoms with E-state index in [0.717, 1.165) is 11.3 Å². The number of aryl methyl sites for hydroxylation is 1. The van der Waals surface area contributed by atoms with Gasteiger partial charge in [-0.1, -0.05) is 6.07 Å². The highest BCUT2D eigenvalue weighted by atomic mass is 19.1. The number of benzene rings is 2. The van der Waals surface area contributed by atoms with E-state index in [1.807, 2.05) is 25.1 Å². The van der Waals surface area contributed by atoms with E-state index in [9.17, 15) is 9.18 Å². The lowest BCUT2D eigenvalue weighted by atomic mass is 10.2. The van der Waals surface area contributed by atoms with Crippen LogP contribution in [0.5, 0.6) is 11.5 Å². The molecule has 1 saturated heterocycles. The number of ether oxygens (including phenoxy) is 2. The lowest BCUT2D eigenvalue weighted by Gasteiger charge is -2.36. The minimum Gasteiger partial charge on any atom is -0.493 e. The Kier molecular flexibility index (Phi) is 5.61. The maximum absolute atomic E-state index is 13.0. The van der Waals surface area contributed by atoms with Gasteiger partial charge in [0, 0.05) is 31.9 Å². The van der Waals surface area contributed by atoms with Crippen molar-refractivity contribution in [3.05, 3.63) is 53.8 Å². The van der Waals surface area contributed by atoms with Gasteiger partial charge in [0.15, 0.2) is 18.1 Å². The van der Waals surface area contributed by atoms with Crippen LogP contribution in [0.4, 0.5) is 10.1 Å². The molecule has 3 rings (SSSR count). The number of rotatable bonds is 5. The van der Waals surface area contributed by atoms with Crippen LogP contribution < -0.4 is 14.4 Å². The first kappa shape index (κ1) is 18.0. The summed E-state index contributed by atoms with van der Waals surface area (Å²) in [5, 5.41) is 0. The molecule has 0 N–H and O–H groups in total. The monoisotopic (exact) mass is 358 g/mol. The molecule has 0 spiro atoms. The third-order valence-electron chi connectivity index (χ3n) is 4.49. The highest BCUT2D eigenvalue weighted by Crippen LogP contribution is 2.27. The molecule has 26 heavy (non-hydrogen) atoms. The van der Waals surface area contributed by atoms with E-state index in [4.69, 9.17) is 9.47 Å². The number of hydrogen-bond acceptors (Lipinski definition) is 4. The fourth-order valence-corrected chi connectivity index (χ4v) is 2.99. The summed E-state index contributed by atoms with van der Waals surface area (Å²) in [6.07, 6.45) is 0. The Labute approximate surface area is 152 Å². The van der Waals surface area contributed by atoms with E-state index in [2.05, 4.69) is 4.90 Å². The molecule has 0 radical (unpaired) electrons. The van der Waals surface area contributed by atoms with Gasteiger partial charge < -0.3 is 19.3 Å². The van der Waals surface area contributed by atoms with Gasteiger partial charge in [0.05, 0.1) is 7.11 Å². The normalized spacial score (nSPS) is 14.3. The fraction of sp³-hybridized carbons (Fsp3) is 0.350.